The van der Waals surface area contributed by atoms with Gasteiger partial charge in [0.1, 0.15) is 42.4 Å². The van der Waals surface area contributed by atoms with Crippen molar-refractivity contribution in [2.75, 3.05) is 52.5 Å². The van der Waals surface area contributed by atoms with E-state index in [0.29, 0.717) is 53.2 Å². The number of likely N-dealkylation sites (tertiary alicyclic amines) is 1. The number of aliphatic hydroxyl groups excluding tert-OH is 2. The van der Waals surface area contributed by atoms with Gasteiger partial charge in [0.05, 0.1) is 35.5 Å². The number of benzene rings is 3. The fourth-order valence-corrected chi connectivity index (χ4v) is 7.16. The predicted octanol–water partition coefficient (Wildman–Crippen LogP) is 6.72. The van der Waals surface area contributed by atoms with Crippen LogP contribution in [0.25, 0.3) is 11.1 Å². The van der Waals surface area contributed by atoms with E-state index in [1.807, 2.05) is 29.2 Å². The molecule has 1 fully saturated rings. The van der Waals surface area contributed by atoms with E-state index in [4.69, 9.17) is 30.8 Å². The van der Waals surface area contributed by atoms with Crippen LogP contribution in [0.5, 0.6) is 17.2 Å². The minimum Gasteiger partial charge on any atom is -0.493 e. The summed E-state index contributed by atoms with van der Waals surface area (Å²) in [6.07, 6.45) is 6.55. The van der Waals surface area contributed by atoms with Crippen LogP contribution in [0.4, 0.5) is 0 Å². The van der Waals surface area contributed by atoms with Crippen LogP contribution in [0.1, 0.15) is 59.1 Å². The molecule has 0 radical (unpaired) electrons. The molecule has 0 atom stereocenters. The predicted molar refractivity (Wildman–Crippen MR) is 207 cm³/mol. The number of pyridine rings is 1. The van der Waals surface area contributed by atoms with Gasteiger partial charge < -0.3 is 34.2 Å². The second-order valence-electron chi connectivity index (χ2n) is 13.6. The van der Waals surface area contributed by atoms with E-state index in [1.54, 1.807) is 18.3 Å². The number of nitrogens with zero attached hydrogens (tertiary/aromatic N) is 5. The molecule has 3 heterocycles. The molecule has 53 heavy (non-hydrogen) atoms. The fraction of sp³-hybridized carbons (Fsp3) is 0.405. The molecule has 0 aliphatic carbocycles. The van der Waals surface area contributed by atoms with Gasteiger partial charge in [0, 0.05) is 63.3 Å². The second kappa shape index (κ2) is 18.4. The van der Waals surface area contributed by atoms with Crippen molar-refractivity contribution in [3.05, 3.63) is 105 Å². The second-order valence-corrected chi connectivity index (χ2v) is 14.0. The minimum atomic E-state index is -0.158. The molecular weight excluding hydrogens is 690 g/mol. The van der Waals surface area contributed by atoms with Crippen molar-refractivity contribution in [2.45, 2.75) is 58.8 Å². The van der Waals surface area contributed by atoms with Crippen LogP contribution in [0.3, 0.4) is 0 Å². The Labute approximate surface area is 317 Å². The van der Waals surface area contributed by atoms with Crippen LogP contribution in [0.2, 0.25) is 5.02 Å². The molecule has 278 valence electrons. The summed E-state index contributed by atoms with van der Waals surface area (Å²) in [7, 11) is 0. The van der Waals surface area contributed by atoms with E-state index in [2.05, 4.69) is 48.0 Å². The number of nitriles is 1. The smallest absolute Gasteiger partial charge is 0.142 e. The summed E-state index contributed by atoms with van der Waals surface area (Å²) in [5, 5.41) is 29.3. The van der Waals surface area contributed by atoms with Crippen molar-refractivity contribution in [1.82, 2.24) is 14.8 Å². The summed E-state index contributed by atoms with van der Waals surface area (Å²) < 4.78 is 19.1. The molecule has 2 N–H and O–H groups in total. The number of ether oxygens (including phenoxy) is 3. The lowest BCUT2D eigenvalue weighted by molar-refractivity contribution is 0.0800. The van der Waals surface area contributed by atoms with Gasteiger partial charge >= 0.3 is 0 Å². The first-order chi connectivity index (χ1) is 25.8. The number of halogens is 1. The number of β-amino-alcohol motifs (C(OH)–C–C–N with tert-alkyl or cyclic N) is 1. The van der Waals surface area contributed by atoms with Crippen LogP contribution in [-0.2, 0) is 13.2 Å². The normalized spacial score (nSPS) is 15.2. The van der Waals surface area contributed by atoms with Crippen LogP contribution in [0.15, 0.2) is 72.0 Å². The maximum absolute atomic E-state index is 9.79. The number of hydrogen-bond acceptors (Lipinski definition) is 10. The van der Waals surface area contributed by atoms with Gasteiger partial charge in [-0.15, -0.1) is 0 Å². The van der Waals surface area contributed by atoms with E-state index >= 15 is 0 Å². The molecule has 3 aromatic carbocycles. The molecule has 0 spiro atoms. The average molecular weight is 738 g/mol. The summed E-state index contributed by atoms with van der Waals surface area (Å²) in [5.74, 6) is 2.59. The summed E-state index contributed by atoms with van der Waals surface area (Å²) in [6, 6.07) is 19.9. The van der Waals surface area contributed by atoms with Gasteiger partial charge in [-0.1, -0.05) is 41.9 Å². The average Bonchev–Trinajstić information content (AvgIpc) is 3.18. The highest BCUT2D eigenvalue weighted by atomic mass is 35.5. The number of piperidine rings is 1. The Balaban J connectivity index is 1.19. The highest BCUT2D eigenvalue weighted by molar-refractivity contribution is 6.32. The Hall–Kier alpha value is -4.66. The third-order valence-corrected chi connectivity index (χ3v) is 10.2. The van der Waals surface area contributed by atoms with Gasteiger partial charge in [0.25, 0.3) is 0 Å². The molecule has 1 saturated heterocycles. The maximum Gasteiger partial charge on any atom is 0.142 e. The van der Waals surface area contributed by atoms with Crippen LogP contribution in [0, 0.1) is 25.2 Å². The zero-order valence-electron chi connectivity index (χ0n) is 30.6. The van der Waals surface area contributed by atoms with E-state index in [1.165, 1.54) is 6.20 Å². The Morgan fingerprint density at radius 2 is 1.64 bits per heavy atom. The number of aromatic nitrogens is 1. The lowest BCUT2D eigenvalue weighted by Gasteiger charge is -2.30. The molecule has 0 saturated carbocycles. The van der Waals surface area contributed by atoms with Gasteiger partial charge in [-0.05, 0) is 85.5 Å². The lowest BCUT2D eigenvalue weighted by atomic mass is 9.93. The zero-order valence-corrected chi connectivity index (χ0v) is 31.3. The van der Waals surface area contributed by atoms with E-state index in [-0.39, 0.29) is 25.9 Å². The highest BCUT2D eigenvalue weighted by Crippen LogP contribution is 2.37. The molecule has 2 aliphatic rings. The maximum atomic E-state index is 9.79. The van der Waals surface area contributed by atoms with Gasteiger partial charge in [0.2, 0.25) is 0 Å². The van der Waals surface area contributed by atoms with Crippen LogP contribution in [-0.4, -0.2) is 89.4 Å². The summed E-state index contributed by atoms with van der Waals surface area (Å²) >= 11 is 6.90. The number of hydrogen-bond donors (Lipinski definition) is 2. The van der Waals surface area contributed by atoms with Crippen molar-refractivity contribution < 1.29 is 24.4 Å². The van der Waals surface area contributed by atoms with Crippen molar-refractivity contribution in [3.63, 3.8) is 0 Å². The van der Waals surface area contributed by atoms with Gasteiger partial charge in [0.15, 0.2) is 0 Å². The van der Waals surface area contributed by atoms with Crippen LogP contribution >= 0.6 is 11.6 Å². The molecule has 0 bridgehead atoms. The molecule has 4 aromatic rings. The van der Waals surface area contributed by atoms with Gasteiger partial charge in [-0.2, -0.15) is 5.26 Å². The Morgan fingerprint density at radius 1 is 0.868 bits per heavy atom. The van der Waals surface area contributed by atoms with E-state index in [0.717, 1.165) is 91.0 Å². The first-order valence-electron chi connectivity index (χ1n) is 18.4. The van der Waals surface area contributed by atoms with E-state index < -0.39 is 0 Å². The first kappa shape index (κ1) is 38.1. The SMILES string of the molecule is Cc1c(COc2cc(OCc3cncc(C#N)c3)c(C3=NCCCN3CCO)cc2Cl)cccc1-c1cccc(OCCCN2CCC(O)CC2)c1C. The van der Waals surface area contributed by atoms with E-state index in [9.17, 15) is 15.5 Å². The summed E-state index contributed by atoms with van der Waals surface area (Å²) in [5.41, 5.74) is 7.35. The number of aliphatic imine (C=N–C) groups is 1. The van der Waals surface area contributed by atoms with Gasteiger partial charge in [-0.3, -0.25) is 9.98 Å². The Kier molecular flexibility index (Phi) is 13.2. The molecule has 11 heteroatoms. The van der Waals surface area contributed by atoms with Crippen molar-refractivity contribution in [1.29, 1.82) is 5.26 Å². The quantitative estimate of drug-likeness (QED) is 0.128. The number of aliphatic hydroxyl groups is 2. The summed E-state index contributed by atoms with van der Waals surface area (Å²) in [4.78, 5) is 13.4. The molecule has 0 amide bonds. The van der Waals surface area contributed by atoms with Crippen molar-refractivity contribution in [2.24, 2.45) is 4.99 Å². The Morgan fingerprint density at radius 3 is 2.43 bits per heavy atom. The Bertz CT molecular complexity index is 1940. The largest absolute Gasteiger partial charge is 0.493 e. The van der Waals surface area contributed by atoms with Crippen molar-refractivity contribution in [3.8, 4) is 34.4 Å². The topological polar surface area (TPSA) is 124 Å². The third kappa shape index (κ3) is 9.67. The standard InChI is InChI=1S/C42H48ClN5O5/c1-29-33(7-3-8-35(29)36-9-4-10-39(30(36)2)51-20-6-14-47-16-11-34(50)12-17-47)28-53-41-23-40(52-27-32-21-31(24-44)25-45-26-32)37(22-38(41)43)42-46-13-5-15-48(42)18-19-49/h3-4,7-10,21-23,25-26,34,49-50H,5-6,11-20,27-28H2,1-2H3. The minimum absolute atomic E-state index is 0.00208. The molecule has 6 rings (SSSR count). The molecular formula is C42H48ClN5O5. The molecule has 10 nitrogen and oxygen atoms in total. The first-order valence-corrected chi connectivity index (χ1v) is 18.8. The number of amidine groups is 1. The highest BCUT2D eigenvalue weighted by Gasteiger charge is 2.23. The fourth-order valence-electron chi connectivity index (χ4n) is 6.94. The molecule has 0 unspecified atom stereocenters. The van der Waals surface area contributed by atoms with Crippen molar-refractivity contribution >= 4 is 17.4 Å². The van der Waals surface area contributed by atoms with Gasteiger partial charge in [-0.25, -0.2) is 0 Å². The molecule has 2 aliphatic heterocycles. The monoisotopic (exact) mass is 737 g/mol. The van der Waals surface area contributed by atoms with Crippen LogP contribution < -0.4 is 14.2 Å². The third-order valence-electron chi connectivity index (χ3n) is 9.95. The zero-order chi connectivity index (χ0) is 37.2. The summed E-state index contributed by atoms with van der Waals surface area (Å²) in [6.45, 7) is 10.0. The number of rotatable bonds is 15. The molecule has 1 aromatic heterocycles. The lowest BCUT2D eigenvalue weighted by Crippen LogP contribution is -2.38.